The van der Waals surface area contributed by atoms with Gasteiger partial charge < -0.3 is 14.4 Å². The predicted molar refractivity (Wildman–Crippen MR) is 75.1 cm³/mol. The number of hydrogen-bond donors (Lipinski definition) is 1. The van der Waals surface area contributed by atoms with Crippen LogP contribution in [0.25, 0.3) is 0 Å². The zero-order valence-electron chi connectivity index (χ0n) is 10.8. The van der Waals surface area contributed by atoms with Gasteiger partial charge in [-0.15, -0.1) is 0 Å². The van der Waals surface area contributed by atoms with Crippen molar-refractivity contribution in [1.82, 2.24) is 4.90 Å². The molecule has 0 spiro atoms. The van der Waals surface area contributed by atoms with Crippen molar-refractivity contribution in [2.75, 3.05) is 20.3 Å². The first-order chi connectivity index (χ1) is 9.19. The molecular weight excluding hydrogens is 262 g/mol. The number of rotatable bonds is 2. The van der Waals surface area contributed by atoms with Gasteiger partial charge in [-0.2, -0.15) is 12.6 Å². The number of ether oxygens (including phenoxy) is 2. The molecule has 3 rings (SSSR count). The lowest BCUT2D eigenvalue weighted by molar-refractivity contribution is -0.130. The van der Waals surface area contributed by atoms with Crippen molar-refractivity contribution in [3.63, 3.8) is 0 Å². The topological polar surface area (TPSA) is 38.8 Å². The number of nitrogens with zero attached hydrogens (tertiary/aromatic N) is 1. The van der Waals surface area contributed by atoms with Gasteiger partial charge in [-0.25, -0.2) is 0 Å². The number of hydrogen-bond acceptors (Lipinski definition) is 4. The summed E-state index contributed by atoms with van der Waals surface area (Å²) in [5.74, 6) is 1.76. The molecule has 2 heterocycles. The minimum absolute atomic E-state index is 0.115. The summed E-state index contributed by atoms with van der Waals surface area (Å²) in [6.07, 6.45) is 1.35. The van der Waals surface area contributed by atoms with E-state index >= 15 is 0 Å². The molecular formula is C14H17NO3S. The van der Waals surface area contributed by atoms with Gasteiger partial charge in [0.25, 0.3) is 0 Å². The van der Waals surface area contributed by atoms with Crippen LogP contribution in [0.2, 0.25) is 0 Å². The number of para-hydroxylation sites is 1. The summed E-state index contributed by atoms with van der Waals surface area (Å²) in [7, 11) is 1.64. The van der Waals surface area contributed by atoms with Crippen molar-refractivity contribution in [3.8, 4) is 11.5 Å². The highest BCUT2D eigenvalue weighted by atomic mass is 32.1. The molecule has 1 aromatic rings. The number of benzene rings is 1. The minimum atomic E-state index is 0.115. The molecule has 2 aliphatic rings. The summed E-state index contributed by atoms with van der Waals surface area (Å²) in [5, 5.41) is 0.152. The van der Waals surface area contributed by atoms with Crippen LogP contribution < -0.4 is 9.47 Å². The largest absolute Gasteiger partial charge is 0.493 e. The zero-order chi connectivity index (χ0) is 13.4. The molecule has 102 valence electrons. The van der Waals surface area contributed by atoms with E-state index in [1.54, 1.807) is 7.11 Å². The van der Waals surface area contributed by atoms with E-state index < -0.39 is 0 Å². The van der Waals surface area contributed by atoms with Crippen LogP contribution in [0.15, 0.2) is 18.2 Å². The smallest absolute Gasteiger partial charge is 0.224 e. The summed E-state index contributed by atoms with van der Waals surface area (Å²) in [4.78, 5) is 13.8. The molecule has 0 aromatic heterocycles. The SMILES string of the molecule is COc1cccc2c1OCC(N1CC(S)CC1=O)C2. The molecule has 2 atom stereocenters. The molecule has 0 bridgehead atoms. The average molecular weight is 279 g/mol. The second-order valence-electron chi connectivity index (χ2n) is 5.02. The maximum absolute atomic E-state index is 11.9. The van der Waals surface area contributed by atoms with Crippen LogP contribution in [0, 0.1) is 0 Å². The van der Waals surface area contributed by atoms with E-state index in [-0.39, 0.29) is 17.2 Å². The molecule has 2 aliphatic heterocycles. The third-order valence-electron chi connectivity index (χ3n) is 3.73. The van der Waals surface area contributed by atoms with E-state index in [4.69, 9.17) is 9.47 Å². The monoisotopic (exact) mass is 279 g/mol. The molecule has 1 saturated heterocycles. The highest BCUT2D eigenvalue weighted by Crippen LogP contribution is 2.36. The summed E-state index contributed by atoms with van der Waals surface area (Å²) in [6.45, 7) is 1.24. The zero-order valence-corrected chi connectivity index (χ0v) is 11.7. The number of carbonyl (C=O) groups excluding carboxylic acids is 1. The maximum Gasteiger partial charge on any atom is 0.224 e. The standard InChI is InChI=1S/C14H17NO3S/c1-17-12-4-2-3-9-5-10(8-18-14(9)12)15-7-11(19)6-13(15)16/h2-4,10-11,19H,5-8H2,1H3. The van der Waals surface area contributed by atoms with Gasteiger partial charge in [-0.05, 0) is 12.5 Å². The highest BCUT2D eigenvalue weighted by Gasteiger charge is 2.35. The van der Waals surface area contributed by atoms with Crippen LogP contribution in [-0.4, -0.2) is 42.4 Å². The number of amides is 1. The molecule has 0 aliphatic carbocycles. The van der Waals surface area contributed by atoms with Crippen molar-refractivity contribution in [3.05, 3.63) is 23.8 Å². The van der Waals surface area contributed by atoms with Gasteiger partial charge in [0, 0.05) is 23.8 Å². The molecule has 1 aromatic carbocycles. The lowest BCUT2D eigenvalue weighted by atomic mass is 10.0. The number of carbonyl (C=O) groups is 1. The van der Waals surface area contributed by atoms with E-state index in [1.165, 1.54) is 0 Å². The second-order valence-corrected chi connectivity index (χ2v) is 5.75. The van der Waals surface area contributed by atoms with E-state index in [1.807, 2.05) is 23.1 Å². The Bertz CT molecular complexity index is 505. The molecule has 0 N–H and O–H groups in total. The van der Waals surface area contributed by atoms with Gasteiger partial charge in [0.2, 0.25) is 5.91 Å². The number of methoxy groups -OCH3 is 1. The van der Waals surface area contributed by atoms with Gasteiger partial charge in [0.05, 0.1) is 13.2 Å². The third-order valence-corrected chi connectivity index (χ3v) is 4.08. The van der Waals surface area contributed by atoms with Crippen molar-refractivity contribution in [1.29, 1.82) is 0 Å². The van der Waals surface area contributed by atoms with Crippen molar-refractivity contribution in [2.45, 2.75) is 24.1 Å². The Hall–Kier alpha value is -1.36. The van der Waals surface area contributed by atoms with Crippen LogP contribution >= 0.6 is 12.6 Å². The van der Waals surface area contributed by atoms with Crippen molar-refractivity contribution < 1.29 is 14.3 Å². The first-order valence-corrected chi connectivity index (χ1v) is 6.97. The van der Waals surface area contributed by atoms with Gasteiger partial charge in [0.15, 0.2) is 11.5 Å². The van der Waals surface area contributed by atoms with Crippen LogP contribution in [0.3, 0.4) is 0 Å². The minimum Gasteiger partial charge on any atom is -0.493 e. The van der Waals surface area contributed by atoms with Gasteiger partial charge in [-0.3, -0.25) is 4.79 Å². The fourth-order valence-electron chi connectivity index (χ4n) is 2.80. The summed E-state index contributed by atoms with van der Waals surface area (Å²) < 4.78 is 11.1. The Balaban J connectivity index is 1.81. The Morgan fingerprint density at radius 3 is 2.95 bits per heavy atom. The Kier molecular flexibility index (Phi) is 3.31. The first kappa shape index (κ1) is 12.7. The number of likely N-dealkylation sites (tertiary alicyclic amines) is 1. The number of fused-ring (bicyclic) bond motifs is 1. The fourth-order valence-corrected chi connectivity index (χ4v) is 3.14. The van der Waals surface area contributed by atoms with Crippen LogP contribution in [-0.2, 0) is 11.2 Å². The molecule has 5 heteroatoms. The molecule has 2 unspecified atom stereocenters. The Morgan fingerprint density at radius 2 is 2.26 bits per heavy atom. The highest BCUT2D eigenvalue weighted by molar-refractivity contribution is 7.81. The summed E-state index contributed by atoms with van der Waals surface area (Å²) in [5.41, 5.74) is 1.10. The molecule has 0 saturated carbocycles. The van der Waals surface area contributed by atoms with Crippen LogP contribution in [0.4, 0.5) is 0 Å². The lowest BCUT2D eigenvalue weighted by Gasteiger charge is -2.33. The van der Waals surface area contributed by atoms with Crippen molar-refractivity contribution in [2.24, 2.45) is 0 Å². The summed E-state index contributed by atoms with van der Waals surface area (Å²) >= 11 is 4.39. The van der Waals surface area contributed by atoms with E-state index in [0.29, 0.717) is 13.0 Å². The van der Waals surface area contributed by atoms with Crippen LogP contribution in [0.1, 0.15) is 12.0 Å². The van der Waals surface area contributed by atoms with Crippen LogP contribution in [0.5, 0.6) is 11.5 Å². The van der Waals surface area contributed by atoms with Gasteiger partial charge >= 0.3 is 0 Å². The molecule has 1 fully saturated rings. The second kappa shape index (κ2) is 4.96. The number of thiol groups is 1. The third kappa shape index (κ3) is 2.27. The first-order valence-electron chi connectivity index (χ1n) is 6.45. The molecule has 1 amide bonds. The van der Waals surface area contributed by atoms with Gasteiger partial charge in [-0.1, -0.05) is 12.1 Å². The van der Waals surface area contributed by atoms with E-state index in [0.717, 1.165) is 30.0 Å². The summed E-state index contributed by atoms with van der Waals surface area (Å²) in [6, 6.07) is 5.99. The van der Waals surface area contributed by atoms with E-state index in [2.05, 4.69) is 12.6 Å². The van der Waals surface area contributed by atoms with E-state index in [9.17, 15) is 4.79 Å². The fraction of sp³-hybridized carbons (Fsp3) is 0.500. The lowest BCUT2D eigenvalue weighted by Crippen LogP contribution is -2.44. The normalized spacial score (nSPS) is 26.0. The van der Waals surface area contributed by atoms with Gasteiger partial charge in [0.1, 0.15) is 6.61 Å². The molecule has 19 heavy (non-hydrogen) atoms. The Morgan fingerprint density at radius 1 is 1.42 bits per heavy atom. The Labute approximate surface area is 118 Å². The molecule has 0 radical (unpaired) electrons. The maximum atomic E-state index is 11.9. The average Bonchev–Trinajstić information content (AvgIpc) is 2.76. The quantitative estimate of drug-likeness (QED) is 0.835. The molecule has 4 nitrogen and oxygen atoms in total. The van der Waals surface area contributed by atoms with Crippen molar-refractivity contribution >= 4 is 18.5 Å². The predicted octanol–water partition coefficient (Wildman–Crippen LogP) is 1.53.